The Labute approximate surface area is 167 Å². The summed E-state index contributed by atoms with van der Waals surface area (Å²) in [5.41, 5.74) is -0.380. The molecule has 0 saturated carbocycles. The molecule has 1 fully saturated rings. The predicted octanol–water partition coefficient (Wildman–Crippen LogP) is 2.24. The van der Waals surface area contributed by atoms with Crippen LogP contribution in [0, 0.1) is 5.92 Å². The van der Waals surface area contributed by atoms with Gasteiger partial charge in [0.2, 0.25) is 11.8 Å². The summed E-state index contributed by atoms with van der Waals surface area (Å²) in [5, 5.41) is 14.3. The molecule has 1 saturated heterocycles. The van der Waals surface area contributed by atoms with Crippen LogP contribution in [0.5, 0.6) is 0 Å². The molecule has 0 aliphatic carbocycles. The molecular formula is C18H22ClN3O6. The van der Waals surface area contributed by atoms with Gasteiger partial charge in [-0.15, -0.1) is 0 Å². The van der Waals surface area contributed by atoms with Crippen LogP contribution in [0.4, 0.5) is 16.2 Å². The van der Waals surface area contributed by atoms with E-state index < -0.39 is 41.4 Å². The molecule has 10 heteroatoms. The van der Waals surface area contributed by atoms with E-state index in [0.29, 0.717) is 0 Å². The van der Waals surface area contributed by atoms with Gasteiger partial charge in [-0.2, -0.15) is 0 Å². The van der Waals surface area contributed by atoms with Crippen molar-refractivity contribution in [3.8, 4) is 0 Å². The molecule has 0 aromatic heterocycles. The summed E-state index contributed by atoms with van der Waals surface area (Å²) in [7, 11) is 1.40. The monoisotopic (exact) mass is 411 g/mol. The van der Waals surface area contributed by atoms with Crippen LogP contribution in [0.1, 0.15) is 27.2 Å². The number of nitrogens with zero attached hydrogens (tertiary/aromatic N) is 1. The third-order valence-corrected chi connectivity index (χ3v) is 4.33. The van der Waals surface area contributed by atoms with E-state index in [1.165, 1.54) is 19.2 Å². The van der Waals surface area contributed by atoms with Gasteiger partial charge in [0.05, 0.1) is 22.3 Å². The number of anilines is 2. The average Bonchev–Trinajstić information content (AvgIpc) is 2.96. The molecule has 0 unspecified atom stereocenters. The number of amides is 3. The third-order valence-electron chi connectivity index (χ3n) is 4.02. The van der Waals surface area contributed by atoms with Crippen LogP contribution in [0.25, 0.3) is 0 Å². The number of ether oxygens (including phenoxy) is 1. The summed E-state index contributed by atoms with van der Waals surface area (Å²) >= 11 is 6.18. The first-order valence-corrected chi connectivity index (χ1v) is 8.86. The summed E-state index contributed by atoms with van der Waals surface area (Å²) < 4.78 is 5.21. The van der Waals surface area contributed by atoms with E-state index in [4.69, 9.17) is 16.3 Å². The Bertz CT molecular complexity index is 820. The van der Waals surface area contributed by atoms with Gasteiger partial charge < -0.3 is 20.1 Å². The highest BCUT2D eigenvalue weighted by atomic mass is 35.5. The van der Waals surface area contributed by atoms with Gasteiger partial charge in [-0.25, -0.2) is 4.79 Å². The first kappa shape index (κ1) is 21.5. The molecule has 0 radical (unpaired) electrons. The number of carbonyl (C=O) groups excluding carboxylic acids is 3. The van der Waals surface area contributed by atoms with Gasteiger partial charge in [0.25, 0.3) is 0 Å². The predicted molar refractivity (Wildman–Crippen MR) is 102 cm³/mol. The van der Waals surface area contributed by atoms with Crippen LogP contribution in [-0.2, 0) is 19.1 Å². The highest BCUT2D eigenvalue weighted by molar-refractivity contribution is 6.34. The van der Waals surface area contributed by atoms with E-state index in [1.54, 1.807) is 26.8 Å². The second-order valence-electron chi connectivity index (χ2n) is 7.35. The van der Waals surface area contributed by atoms with E-state index in [2.05, 4.69) is 10.6 Å². The molecule has 2 rings (SSSR count). The second-order valence-corrected chi connectivity index (χ2v) is 7.76. The van der Waals surface area contributed by atoms with Gasteiger partial charge in [-0.05, 0) is 32.9 Å². The first-order valence-electron chi connectivity index (χ1n) is 8.49. The minimum atomic E-state index is -1.25. The Kier molecular flexibility index (Phi) is 6.18. The maximum absolute atomic E-state index is 12.8. The molecule has 1 aromatic carbocycles. The lowest BCUT2D eigenvalue weighted by Crippen LogP contribution is -2.47. The van der Waals surface area contributed by atoms with E-state index in [0.717, 1.165) is 4.90 Å². The topological polar surface area (TPSA) is 125 Å². The van der Waals surface area contributed by atoms with Gasteiger partial charge in [0.15, 0.2) is 0 Å². The lowest BCUT2D eigenvalue weighted by molar-refractivity contribution is -0.144. The van der Waals surface area contributed by atoms with Gasteiger partial charge in [0.1, 0.15) is 11.6 Å². The molecule has 0 spiro atoms. The average molecular weight is 412 g/mol. The lowest BCUT2D eigenvalue weighted by atomic mass is 9.99. The molecule has 2 atom stereocenters. The summed E-state index contributed by atoms with van der Waals surface area (Å²) in [5.74, 6) is -3.59. The van der Waals surface area contributed by atoms with Crippen LogP contribution in [0.2, 0.25) is 5.02 Å². The minimum Gasteiger partial charge on any atom is -0.481 e. The number of halogens is 1. The van der Waals surface area contributed by atoms with E-state index in [-0.39, 0.29) is 22.8 Å². The number of likely N-dealkylation sites (N-methyl/N-ethyl adjacent to an activating group) is 1. The summed E-state index contributed by atoms with van der Waals surface area (Å²) in [6, 6.07) is 3.41. The van der Waals surface area contributed by atoms with Crippen molar-refractivity contribution in [3.05, 3.63) is 23.2 Å². The molecule has 1 aliphatic heterocycles. The van der Waals surface area contributed by atoms with Crippen molar-refractivity contribution in [2.24, 2.45) is 5.92 Å². The Morgan fingerprint density at radius 3 is 2.54 bits per heavy atom. The summed E-state index contributed by atoms with van der Waals surface area (Å²) in [6.45, 7) is 5.10. The largest absolute Gasteiger partial charge is 0.481 e. The zero-order valence-corrected chi connectivity index (χ0v) is 16.7. The van der Waals surface area contributed by atoms with Gasteiger partial charge >= 0.3 is 12.1 Å². The summed E-state index contributed by atoms with van der Waals surface area (Å²) in [4.78, 5) is 49.1. The zero-order valence-electron chi connectivity index (χ0n) is 15.9. The maximum Gasteiger partial charge on any atom is 0.412 e. The van der Waals surface area contributed by atoms with Gasteiger partial charge in [-0.3, -0.25) is 19.7 Å². The van der Waals surface area contributed by atoms with Crippen LogP contribution < -0.4 is 15.5 Å². The SMILES string of the molecule is CN(C(=O)[C@H]1NC(=O)C[C@@H]1C(=O)O)c1cccc(Cl)c1NC(=O)OC(C)(C)C. The van der Waals surface area contributed by atoms with Crippen LogP contribution in [0.3, 0.4) is 0 Å². The molecular weight excluding hydrogens is 390 g/mol. The third kappa shape index (κ3) is 4.92. The van der Waals surface area contributed by atoms with E-state index in [9.17, 15) is 24.3 Å². The number of aliphatic carboxylic acids is 1. The maximum atomic E-state index is 12.8. The van der Waals surface area contributed by atoms with Crippen molar-refractivity contribution in [2.75, 3.05) is 17.3 Å². The smallest absolute Gasteiger partial charge is 0.412 e. The van der Waals surface area contributed by atoms with E-state index >= 15 is 0 Å². The molecule has 1 aromatic rings. The number of benzene rings is 1. The van der Waals surface area contributed by atoms with Crippen molar-refractivity contribution in [1.82, 2.24) is 5.32 Å². The fraction of sp³-hybridized carbons (Fsp3) is 0.444. The number of hydrogen-bond donors (Lipinski definition) is 3. The number of hydrogen-bond acceptors (Lipinski definition) is 5. The molecule has 1 aliphatic rings. The molecule has 3 amide bonds. The lowest BCUT2D eigenvalue weighted by Gasteiger charge is -2.26. The van der Waals surface area contributed by atoms with Crippen molar-refractivity contribution < 1.29 is 29.0 Å². The van der Waals surface area contributed by atoms with Crippen molar-refractivity contribution >= 4 is 46.9 Å². The molecule has 9 nitrogen and oxygen atoms in total. The van der Waals surface area contributed by atoms with Gasteiger partial charge in [-0.1, -0.05) is 17.7 Å². The van der Waals surface area contributed by atoms with Crippen molar-refractivity contribution in [3.63, 3.8) is 0 Å². The second kappa shape index (κ2) is 8.05. The number of carboxylic acid groups (broad SMARTS) is 1. The van der Waals surface area contributed by atoms with Crippen LogP contribution in [-0.4, -0.2) is 47.7 Å². The van der Waals surface area contributed by atoms with Crippen LogP contribution >= 0.6 is 11.6 Å². The number of rotatable bonds is 4. The normalized spacial score (nSPS) is 19.0. The number of carbonyl (C=O) groups is 4. The highest BCUT2D eigenvalue weighted by Gasteiger charge is 2.43. The minimum absolute atomic E-state index is 0.130. The Morgan fingerprint density at radius 1 is 1.32 bits per heavy atom. The Balaban J connectivity index is 2.30. The van der Waals surface area contributed by atoms with E-state index in [1.807, 2.05) is 0 Å². The number of nitrogens with one attached hydrogen (secondary N) is 2. The quantitative estimate of drug-likeness (QED) is 0.697. The fourth-order valence-electron chi connectivity index (χ4n) is 2.76. The number of carboxylic acids is 1. The molecule has 3 N–H and O–H groups in total. The molecule has 0 bridgehead atoms. The van der Waals surface area contributed by atoms with Crippen molar-refractivity contribution in [2.45, 2.75) is 38.8 Å². The van der Waals surface area contributed by atoms with Crippen molar-refractivity contribution in [1.29, 1.82) is 0 Å². The molecule has 28 heavy (non-hydrogen) atoms. The highest BCUT2D eigenvalue weighted by Crippen LogP contribution is 2.34. The standard InChI is InChI=1S/C18H22ClN3O6/c1-18(2,3)28-17(27)21-14-10(19)6-5-7-11(14)22(4)15(24)13-9(16(25)26)8-12(23)20-13/h5-7,9,13H,8H2,1-4H3,(H,20,23)(H,21,27)(H,25,26)/t9-,13-/m0/s1. The van der Waals surface area contributed by atoms with Gasteiger partial charge in [0, 0.05) is 13.5 Å². The summed E-state index contributed by atoms with van der Waals surface area (Å²) in [6.07, 6.45) is -1.04. The first-order chi connectivity index (χ1) is 12.9. The van der Waals surface area contributed by atoms with Crippen LogP contribution in [0.15, 0.2) is 18.2 Å². The molecule has 152 valence electrons. The Hall–Kier alpha value is -2.81. The zero-order chi connectivity index (χ0) is 21.2. The molecule has 1 heterocycles. The number of para-hydroxylation sites is 1. The Morgan fingerprint density at radius 2 is 1.96 bits per heavy atom. The fourth-order valence-corrected chi connectivity index (χ4v) is 2.98.